The zero-order chi connectivity index (χ0) is 13.1. The Kier molecular flexibility index (Phi) is 3.84. The maximum Gasteiger partial charge on any atom is 0.254 e. The maximum atomic E-state index is 13.4. The lowest BCUT2D eigenvalue weighted by molar-refractivity contribution is 0.0697. The van der Waals surface area contributed by atoms with Crippen molar-refractivity contribution in [2.75, 3.05) is 12.3 Å². The van der Waals surface area contributed by atoms with Crippen LogP contribution in [0.5, 0.6) is 0 Å². The van der Waals surface area contributed by atoms with Crippen molar-refractivity contribution in [3.05, 3.63) is 29.6 Å². The van der Waals surface area contributed by atoms with Crippen LogP contribution in [-0.2, 0) is 0 Å². The van der Waals surface area contributed by atoms with E-state index < -0.39 is 5.82 Å². The van der Waals surface area contributed by atoms with Crippen LogP contribution in [0.1, 0.15) is 43.0 Å². The number of hydrogen-bond acceptors (Lipinski definition) is 2. The lowest BCUT2D eigenvalue weighted by atomic mass is 10.1. The molecule has 0 radical (unpaired) electrons. The number of nitrogens with zero attached hydrogens (tertiary/aromatic N) is 1. The van der Waals surface area contributed by atoms with Crippen LogP contribution in [0.4, 0.5) is 10.1 Å². The number of halogens is 1. The van der Waals surface area contributed by atoms with Gasteiger partial charge in [0.25, 0.3) is 5.91 Å². The third kappa shape index (κ3) is 2.63. The van der Waals surface area contributed by atoms with Crippen LogP contribution in [0.2, 0.25) is 0 Å². The smallest absolute Gasteiger partial charge is 0.254 e. The predicted molar refractivity (Wildman–Crippen MR) is 69.8 cm³/mol. The molecule has 1 heterocycles. The fourth-order valence-electron chi connectivity index (χ4n) is 2.40. The van der Waals surface area contributed by atoms with Crippen LogP contribution in [0.15, 0.2) is 18.2 Å². The molecule has 1 atom stereocenters. The average Bonchev–Trinajstić information content (AvgIpc) is 2.56. The first kappa shape index (κ1) is 12.9. The summed E-state index contributed by atoms with van der Waals surface area (Å²) in [6.07, 6.45) is 4.35. The van der Waals surface area contributed by atoms with Crippen molar-refractivity contribution in [3.8, 4) is 0 Å². The molecule has 1 fully saturated rings. The first-order valence-electron chi connectivity index (χ1n) is 6.45. The molecule has 18 heavy (non-hydrogen) atoms. The van der Waals surface area contributed by atoms with E-state index in [0.29, 0.717) is 5.56 Å². The highest BCUT2D eigenvalue weighted by Gasteiger charge is 2.23. The molecule has 1 aromatic rings. The average molecular weight is 250 g/mol. The molecule has 1 aliphatic heterocycles. The summed E-state index contributed by atoms with van der Waals surface area (Å²) in [4.78, 5) is 14.2. The van der Waals surface area contributed by atoms with E-state index in [2.05, 4.69) is 6.92 Å². The Labute approximate surface area is 107 Å². The zero-order valence-corrected chi connectivity index (χ0v) is 10.7. The molecule has 0 spiro atoms. The number of anilines is 1. The van der Waals surface area contributed by atoms with Gasteiger partial charge in [-0.05, 0) is 38.0 Å². The normalized spacial score (nSPS) is 20.6. The van der Waals surface area contributed by atoms with E-state index in [-0.39, 0.29) is 17.6 Å². The zero-order valence-electron chi connectivity index (χ0n) is 10.7. The largest absolute Gasteiger partial charge is 0.396 e. The Bertz CT molecular complexity index is 447. The molecular weight excluding hydrogens is 231 g/mol. The van der Waals surface area contributed by atoms with Crippen LogP contribution < -0.4 is 5.73 Å². The molecule has 2 N–H and O–H groups in total. The monoisotopic (exact) mass is 250 g/mol. The molecule has 1 aliphatic rings. The highest BCUT2D eigenvalue weighted by molar-refractivity contribution is 5.94. The Balaban J connectivity index is 2.21. The van der Waals surface area contributed by atoms with Crippen LogP contribution in [0.25, 0.3) is 0 Å². The molecule has 98 valence electrons. The van der Waals surface area contributed by atoms with Crippen molar-refractivity contribution in [1.82, 2.24) is 4.90 Å². The van der Waals surface area contributed by atoms with Gasteiger partial charge in [0.15, 0.2) is 0 Å². The Morgan fingerprint density at radius 3 is 2.89 bits per heavy atom. The molecule has 3 nitrogen and oxygen atoms in total. The van der Waals surface area contributed by atoms with Crippen molar-refractivity contribution in [2.24, 2.45) is 0 Å². The number of carbonyl (C=O) groups excluding carboxylic acids is 1. The van der Waals surface area contributed by atoms with Gasteiger partial charge in [-0.3, -0.25) is 4.79 Å². The van der Waals surface area contributed by atoms with Gasteiger partial charge in [-0.25, -0.2) is 4.39 Å². The number of nitrogens with two attached hydrogens (primary N) is 1. The molecule has 1 aromatic carbocycles. The molecular formula is C14H19FN2O. The minimum absolute atomic E-state index is 0.0791. The fourth-order valence-corrected chi connectivity index (χ4v) is 2.40. The Hall–Kier alpha value is -1.58. The molecule has 2 rings (SSSR count). The predicted octanol–water partition coefficient (Wildman–Crippen LogP) is 2.81. The van der Waals surface area contributed by atoms with E-state index in [0.717, 1.165) is 32.2 Å². The van der Waals surface area contributed by atoms with Gasteiger partial charge in [-0.2, -0.15) is 0 Å². The van der Waals surface area contributed by atoms with Crippen molar-refractivity contribution in [3.63, 3.8) is 0 Å². The third-order valence-corrected chi connectivity index (χ3v) is 3.56. The van der Waals surface area contributed by atoms with Crippen molar-refractivity contribution in [1.29, 1.82) is 0 Å². The summed E-state index contributed by atoms with van der Waals surface area (Å²) >= 11 is 0. The van der Waals surface area contributed by atoms with E-state index in [1.165, 1.54) is 12.1 Å². The lowest BCUT2D eigenvalue weighted by Gasteiger charge is -2.27. The second-order valence-electron chi connectivity index (χ2n) is 4.93. The van der Waals surface area contributed by atoms with Crippen molar-refractivity contribution in [2.45, 2.75) is 38.6 Å². The highest BCUT2D eigenvalue weighted by atomic mass is 19.1. The minimum Gasteiger partial charge on any atom is -0.396 e. The van der Waals surface area contributed by atoms with E-state index in [9.17, 15) is 9.18 Å². The second kappa shape index (κ2) is 5.38. The van der Waals surface area contributed by atoms with E-state index in [1.54, 1.807) is 6.07 Å². The van der Waals surface area contributed by atoms with Gasteiger partial charge >= 0.3 is 0 Å². The topological polar surface area (TPSA) is 46.3 Å². The Morgan fingerprint density at radius 2 is 2.17 bits per heavy atom. The van der Waals surface area contributed by atoms with E-state index in [1.807, 2.05) is 4.90 Å². The van der Waals surface area contributed by atoms with Gasteiger partial charge < -0.3 is 10.6 Å². The summed E-state index contributed by atoms with van der Waals surface area (Å²) in [5, 5.41) is 0. The van der Waals surface area contributed by atoms with Gasteiger partial charge in [0.1, 0.15) is 5.82 Å². The van der Waals surface area contributed by atoms with Crippen LogP contribution in [-0.4, -0.2) is 23.4 Å². The summed E-state index contributed by atoms with van der Waals surface area (Å²) < 4.78 is 13.4. The van der Waals surface area contributed by atoms with Crippen molar-refractivity contribution >= 4 is 11.6 Å². The number of nitrogen functional groups attached to an aromatic ring is 1. The standard InChI is InChI=1S/C14H19FN2O/c1-10-5-3-2-4-8-17(10)14(18)11-6-7-13(16)12(15)9-11/h6-7,9-10H,2-5,8,16H2,1H3. The summed E-state index contributed by atoms with van der Waals surface area (Å²) in [6, 6.07) is 4.50. The van der Waals surface area contributed by atoms with Crippen LogP contribution in [0.3, 0.4) is 0 Å². The summed E-state index contributed by atoms with van der Waals surface area (Å²) in [5.41, 5.74) is 5.88. The minimum atomic E-state index is -0.525. The fraction of sp³-hybridized carbons (Fsp3) is 0.500. The van der Waals surface area contributed by atoms with Gasteiger partial charge in [0.2, 0.25) is 0 Å². The molecule has 0 bridgehead atoms. The lowest BCUT2D eigenvalue weighted by Crippen LogP contribution is -2.38. The summed E-state index contributed by atoms with van der Waals surface area (Å²) in [5.74, 6) is -0.619. The maximum absolute atomic E-state index is 13.4. The van der Waals surface area contributed by atoms with Gasteiger partial charge in [0.05, 0.1) is 5.69 Å². The second-order valence-corrected chi connectivity index (χ2v) is 4.93. The first-order chi connectivity index (χ1) is 8.59. The molecule has 0 aliphatic carbocycles. The van der Waals surface area contributed by atoms with Crippen LogP contribution in [0, 0.1) is 5.82 Å². The van der Waals surface area contributed by atoms with E-state index >= 15 is 0 Å². The Morgan fingerprint density at radius 1 is 1.39 bits per heavy atom. The summed E-state index contributed by atoms with van der Waals surface area (Å²) in [7, 11) is 0. The van der Waals surface area contributed by atoms with Gasteiger partial charge in [0, 0.05) is 18.2 Å². The molecule has 1 unspecified atom stereocenters. The van der Waals surface area contributed by atoms with Gasteiger partial charge in [-0.15, -0.1) is 0 Å². The quantitative estimate of drug-likeness (QED) is 0.779. The molecule has 1 saturated heterocycles. The molecule has 4 heteroatoms. The number of amides is 1. The first-order valence-corrected chi connectivity index (χ1v) is 6.45. The van der Waals surface area contributed by atoms with E-state index in [4.69, 9.17) is 5.73 Å². The number of likely N-dealkylation sites (tertiary alicyclic amines) is 1. The van der Waals surface area contributed by atoms with Crippen molar-refractivity contribution < 1.29 is 9.18 Å². The number of rotatable bonds is 1. The SMILES string of the molecule is CC1CCCCCN1C(=O)c1ccc(N)c(F)c1. The summed E-state index contributed by atoms with van der Waals surface area (Å²) in [6.45, 7) is 2.81. The molecule has 1 amide bonds. The third-order valence-electron chi connectivity index (χ3n) is 3.56. The highest BCUT2D eigenvalue weighted by Crippen LogP contribution is 2.20. The van der Waals surface area contributed by atoms with Gasteiger partial charge in [-0.1, -0.05) is 12.8 Å². The number of carbonyl (C=O) groups is 1. The molecule has 0 aromatic heterocycles. The molecule has 0 saturated carbocycles. The number of hydrogen-bond donors (Lipinski definition) is 1. The van der Waals surface area contributed by atoms with Crippen LogP contribution >= 0.6 is 0 Å². The number of benzene rings is 1.